The van der Waals surface area contributed by atoms with E-state index in [1.807, 2.05) is 0 Å². The van der Waals surface area contributed by atoms with Crippen molar-refractivity contribution in [3.63, 3.8) is 0 Å². The van der Waals surface area contributed by atoms with Crippen LogP contribution in [0.4, 0.5) is 0 Å². The standard InChI is InChI=1S/C13H11BrN2O3/c1-18-12-5-4-9(7-11(12)14)13(17)16-15-8-10-3-2-6-19-10/h2-8H,1H3,(H,16,17)/b15-8-. The molecule has 0 aliphatic heterocycles. The number of halogens is 1. The quantitative estimate of drug-likeness (QED) is 0.695. The Bertz CT molecular complexity index is 594. The third-order valence-electron chi connectivity index (χ3n) is 2.32. The normalized spacial score (nSPS) is 10.6. The Kier molecular flexibility index (Phi) is 4.35. The highest BCUT2D eigenvalue weighted by Crippen LogP contribution is 2.25. The molecule has 0 spiro atoms. The zero-order chi connectivity index (χ0) is 13.7. The molecular weight excluding hydrogens is 312 g/mol. The number of nitrogens with zero attached hydrogens (tertiary/aromatic N) is 1. The molecule has 0 bridgehead atoms. The lowest BCUT2D eigenvalue weighted by Gasteiger charge is -2.05. The number of methoxy groups -OCH3 is 1. The number of nitrogens with one attached hydrogen (secondary N) is 1. The molecule has 1 heterocycles. The Morgan fingerprint density at radius 2 is 2.32 bits per heavy atom. The van der Waals surface area contributed by atoms with Crippen LogP contribution in [0, 0.1) is 0 Å². The topological polar surface area (TPSA) is 63.8 Å². The van der Waals surface area contributed by atoms with Gasteiger partial charge in [-0.05, 0) is 46.3 Å². The third-order valence-corrected chi connectivity index (χ3v) is 2.93. The zero-order valence-corrected chi connectivity index (χ0v) is 11.7. The van der Waals surface area contributed by atoms with Gasteiger partial charge in [-0.15, -0.1) is 0 Å². The molecule has 6 heteroatoms. The van der Waals surface area contributed by atoms with Crippen molar-refractivity contribution >= 4 is 28.1 Å². The van der Waals surface area contributed by atoms with Gasteiger partial charge < -0.3 is 9.15 Å². The van der Waals surface area contributed by atoms with Crippen LogP contribution >= 0.6 is 15.9 Å². The Morgan fingerprint density at radius 3 is 2.95 bits per heavy atom. The molecule has 2 aromatic rings. The molecule has 1 N–H and O–H groups in total. The number of hydrogen-bond acceptors (Lipinski definition) is 4. The number of benzene rings is 1. The fourth-order valence-electron chi connectivity index (χ4n) is 1.39. The molecule has 0 unspecified atom stereocenters. The average molecular weight is 323 g/mol. The number of ether oxygens (including phenoxy) is 1. The van der Waals surface area contributed by atoms with Crippen molar-refractivity contribution in [3.8, 4) is 5.75 Å². The van der Waals surface area contributed by atoms with Crippen molar-refractivity contribution in [2.45, 2.75) is 0 Å². The smallest absolute Gasteiger partial charge is 0.271 e. The van der Waals surface area contributed by atoms with Gasteiger partial charge in [0.25, 0.3) is 5.91 Å². The van der Waals surface area contributed by atoms with Crippen LogP contribution in [0.3, 0.4) is 0 Å². The van der Waals surface area contributed by atoms with Gasteiger partial charge in [-0.3, -0.25) is 4.79 Å². The molecule has 0 saturated heterocycles. The van der Waals surface area contributed by atoms with Crippen molar-refractivity contribution in [1.29, 1.82) is 0 Å². The minimum atomic E-state index is -0.314. The highest BCUT2D eigenvalue weighted by atomic mass is 79.9. The maximum Gasteiger partial charge on any atom is 0.271 e. The maximum absolute atomic E-state index is 11.8. The van der Waals surface area contributed by atoms with Gasteiger partial charge in [-0.1, -0.05) is 0 Å². The number of furan rings is 1. The van der Waals surface area contributed by atoms with E-state index in [1.165, 1.54) is 12.5 Å². The number of carbonyl (C=O) groups excluding carboxylic acids is 1. The minimum absolute atomic E-state index is 0.314. The van der Waals surface area contributed by atoms with Crippen LogP contribution in [0.15, 0.2) is 50.6 Å². The first-order valence-corrected chi connectivity index (χ1v) is 6.20. The maximum atomic E-state index is 11.8. The van der Waals surface area contributed by atoms with E-state index in [1.54, 1.807) is 37.4 Å². The van der Waals surface area contributed by atoms with Crippen LogP contribution in [0.25, 0.3) is 0 Å². The van der Waals surface area contributed by atoms with Gasteiger partial charge >= 0.3 is 0 Å². The Morgan fingerprint density at radius 1 is 1.47 bits per heavy atom. The van der Waals surface area contributed by atoms with E-state index in [2.05, 4.69) is 26.5 Å². The van der Waals surface area contributed by atoms with Crippen LogP contribution in [-0.4, -0.2) is 19.2 Å². The molecule has 0 fully saturated rings. The molecule has 1 aromatic heterocycles. The largest absolute Gasteiger partial charge is 0.496 e. The summed E-state index contributed by atoms with van der Waals surface area (Å²) in [6.07, 6.45) is 2.96. The summed E-state index contributed by atoms with van der Waals surface area (Å²) in [6, 6.07) is 8.50. The first kappa shape index (κ1) is 13.4. The van der Waals surface area contributed by atoms with Crippen LogP contribution in [0.5, 0.6) is 5.75 Å². The summed E-state index contributed by atoms with van der Waals surface area (Å²) in [6.45, 7) is 0. The molecular formula is C13H11BrN2O3. The van der Waals surface area contributed by atoms with Gasteiger partial charge in [-0.2, -0.15) is 5.10 Å². The summed E-state index contributed by atoms with van der Waals surface area (Å²) in [5.74, 6) is 0.915. The second-order valence-corrected chi connectivity index (χ2v) is 4.42. The predicted octanol–water partition coefficient (Wildman–Crippen LogP) is 2.81. The third kappa shape index (κ3) is 3.45. The van der Waals surface area contributed by atoms with Crippen molar-refractivity contribution in [2.75, 3.05) is 7.11 Å². The van der Waals surface area contributed by atoms with Gasteiger partial charge in [-0.25, -0.2) is 5.43 Å². The molecule has 2 rings (SSSR count). The fraction of sp³-hybridized carbons (Fsp3) is 0.0769. The van der Waals surface area contributed by atoms with Crippen LogP contribution in [-0.2, 0) is 0 Å². The molecule has 0 atom stereocenters. The second-order valence-electron chi connectivity index (χ2n) is 3.56. The molecule has 0 radical (unpaired) electrons. The van der Waals surface area contributed by atoms with Gasteiger partial charge in [0.1, 0.15) is 11.5 Å². The number of hydrogen-bond donors (Lipinski definition) is 1. The van der Waals surface area contributed by atoms with Crippen molar-refractivity contribution < 1.29 is 13.9 Å². The molecule has 0 saturated carbocycles. The van der Waals surface area contributed by atoms with E-state index in [4.69, 9.17) is 9.15 Å². The average Bonchev–Trinajstić information content (AvgIpc) is 2.91. The molecule has 98 valence electrons. The lowest BCUT2D eigenvalue weighted by molar-refractivity contribution is 0.0955. The number of rotatable bonds is 4. The van der Waals surface area contributed by atoms with Crippen LogP contribution < -0.4 is 10.2 Å². The summed E-state index contributed by atoms with van der Waals surface area (Å²) in [5.41, 5.74) is 2.89. The first-order valence-electron chi connectivity index (χ1n) is 5.41. The highest BCUT2D eigenvalue weighted by Gasteiger charge is 2.07. The number of carbonyl (C=O) groups is 1. The Labute approximate surface area is 118 Å². The van der Waals surface area contributed by atoms with Crippen molar-refractivity contribution in [2.24, 2.45) is 5.10 Å². The number of hydrazone groups is 1. The Hall–Kier alpha value is -2.08. The summed E-state index contributed by atoms with van der Waals surface area (Å²) in [7, 11) is 1.56. The molecule has 1 aromatic carbocycles. The van der Waals surface area contributed by atoms with Gasteiger partial charge in [0.05, 0.1) is 24.1 Å². The summed E-state index contributed by atoms with van der Waals surface area (Å²) >= 11 is 3.32. The van der Waals surface area contributed by atoms with Crippen LogP contribution in [0.1, 0.15) is 16.1 Å². The minimum Gasteiger partial charge on any atom is -0.496 e. The zero-order valence-electron chi connectivity index (χ0n) is 10.1. The SMILES string of the molecule is COc1ccc(C(=O)N/N=C\c2ccco2)cc1Br. The lowest BCUT2D eigenvalue weighted by Crippen LogP contribution is -2.17. The fourth-order valence-corrected chi connectivity index (χ4v) is 1.93. The van der Waals surface area contributed by atoms with E-state index in [0.717, 1.165) is 0 Å². The highest BCUT2D eigenvalue weighted by molar-refractivity contribution is 9.10. The van der Waals surface area contributed by atoms with Crippen LogP contribution in [0.2, 0.25) is 0 Å². The van der Waals surface area contributed by atoms with E-state index >= 15 is 0 Å². The van der Waals surface area contributed by atoms with Gasteiger partial charge in [0, 0.05) is 5.56 Å². The lowest BCUT2D eigenvalue weighted by atomic mass is 10.2. The van der Waals surface area contributed by atoms with E-state index in [0.29, 0.717) is 21.5 Å². The van der Waals surface area contributed by atoms with E-state index in [-0.39, 0.29) is 5.91 Å². The molecule has 0 aliphatic rings. The van der Waals surface area contributed by atoms with Gasteiger partial charge in [0.2, 0.25) is 0 Å². The summed E-state index contributed by atoms with van der Waals surface area (Å²) in [5, 5.41) is 3.80. The van der Waals surface area contributed by atoms with Crippen molar-refractivity contribution in [1.82, 2.24) is 5.43 Å². The monoisotopic (exact) mass is 322 g/mol. The van der Waals surface area contributed by atoms with Gasteiger partial charge in [0.15, 0.2) is 0 Å². The molecule has 1 amide bonds. The van der Waals surface area contributed by atoms with E-state index < -0.39 is 0 Å². The number of amides is 1. The van der Waals surface area contributed by atoms with Crippen molar-refractivity contribution in [3.05, 3.63) is 52.4 Å². The molecule has 19 heavy (non-hydrogen) atoms. The van der Waals surface area contributed by atoms with E-state index in [9.17, 15) is 4.79 Å². The first-order chi connectivity index (χ1) is 9.20. The molecule has 5 nitrogen and oxygen atoms in total. The Balaban J connectivity index is 2.02. The second kappa shape index (κ2) is 6.19. The molecule has 0 aliphatic carbocycles. The predicted molar refractivity (Wildman–Crippen MR) is 74.5 cm³/mol. The summed E-state index contributed by atoms with van der Waals surface area (Å²) in [4.78, 5) is 11.8. The summed E-state index contributed by atoms with van der Waals surface area (Å²) < 4.78 is 10.8.